The van der Waals surface area contributed by atoms with Crippen molar-refractivity contribution in [2.75, 3.05) is 20.7 Å². The fraction of sp³-hybridized carbons (Fsp3) is 0.444. The second-order valence-electron chi connectivity index (χ2n) is 6.78. The minimum atomic E-state index is -0.509. The summed E-state index contributed by atoms with van der Waals surface area (Å²) in [6, 6.07) is 0.131. The molecular formula is C18H19NO4. The van der Waals surface area contributed by atoms with E-state index in [4.69, 9.17) is 4.74 Å². The Kier molecular flexibility index (Phi) is 2.94. The third-order valence-corrected chi connectivity index (χ3v) is 5.75. The van der Waals surface area contributed by atoms with Gasteiger partial charge in [0.25, 0.3) is 0 Å². The highest BCUT2D eigenvalue weighted by Gasteiger charge is 2.56. The summed E-state index contributed by atoms with van der Waals surface area (Å²) in [6.45, 7) is 0.822. The molecule has 0 radical (unpaired) electrons. The van der Waals surface area contributed by atoms with Gasteiger partial charge in [0, 0.05) is 29.4 Å². The van der Waals surface area contributed by atoms with Crippen LogP contribution >= 0.6 is 0 Å². The van der Waals surface area contributed by atoms with Gasteiger partial charge < -0.3 is 9.84 Å². The van der Waals surface area contributed by atoms with Gasteiger partial charge in [-0.1, -0.05) is 12.2 Å². The lowest BCUT2D eigenvalue weighted by Crippen LogP contribution is -2.57. The van der Waals surface area contributed by atoms with Gasteiger partial charge in [0.2, 0.25) is 5.78 Å². The van der Waals surface area contributed by atoms with Crippen LogP contribution in [0.2, 0.25) is 0 Å². The lowest BCUT2D eigenvalue weighted by molar-refractivity contribution is -0.124. The number of ketones is 2. The van der Waals surface area contributed by atoms with Crippen LogP contribution in [0, 0.1) is 11.3 Å². The number of methoxy groups -OCH3 is 1. The zero-order chi connectivity index (χ0) is 16.4. The molecule has 0 spiro atoms. The van der Waals surface area contributed by atoms with Crippen molar-refractivity contribution in [2.45, 2.75) is 18.9 Å². The minimum absolute atomic E-state index is 0.0223. The van der Waals surface area contributed by atoms with Gasteiger partial charge >= 0.3 is 0 Å². The zero-order valence-electron chi connectivity index (χ0n) is 13.2. The molecular weight excluding hydrogens is 294 g/mol. The van der Waals surface area contributed by atoms with Crippen LogP contribution in [0.4, 0.5) is 0 Å². The van der Waals surface area contributed by atoms with Crippen molar-refractivity contribution in [2.24, 2.45) is 11.3 Å². The molecule has 0 saturated carbocycles. The number of likely N-dealkylation sites (tertiary alicyclic amines) is 1. The van der Waals surface area contributed by atoms with E-state index in [9.17, 15) is 14.7 Å². The largest absolute Gasteiger partial charge is 0.504 e. The van der Waals surface area contributed by atoms with E-state index in [2.05, 4.69) is 18.0 Å². The number of rotatable bonds is 1. The molecule has 1 unspecified atom stereocenters. The maximum atomic E-state index is 12.5. The number of aliphatic hydroxyl groups excluding tert-OH is 1. The minimum Gasteiger partial charge on any atom is -0.504 e. The maximum Gasteiger partial charge on any atom is 0.220 e. The first kappa shape index (κ1) is 14.5. The van der Waals surface area contributed by atoms with E-state index in [0.29, 0.717) is 11.3 Å². The summed E-state index contributed by atoms with van der Waals surface area (Å²) in [7, 11) is 3.57. The molecule has 0 amide bonds. The van der Waals surface area contributed by atoms with Crippen LogP contribution in [-0.2, 0) is 14.3 Å². The number of Topliss-reactive ketones (excluding diaryl/α,β-unsaturated/α-hetero) is 1. The summed E-state index contributed by atoms with van der Waals surface area (Å²) < 4.78 is 5.25. The van der Waals surface area contributed by atoms with Crippen molar-refractivity contribution >= 4 is 11.6 Å². The number of fused-ring (bicyclic) bond motifs is 1. The SMILES string of the molecule is COC1=CC2[C@@H]3C=C4C=CC(=O)C(O)=C4[C@]2(CCN3C)CC1=O. The van der Waals surface area contributed by atoms with Crippen molar-refractivity contribution in [3.05, 3.63) is 47.0 Å². The molecule has 120 valence electrons. The third kappa shape index (κ3) is 1.77. The van der Waals surface area contributed by atoms with Gasteiger partial charge in [-0.3, -0.25) is 14.5 Å². The van der Waals surface area contributed by atoms with Crippen LogP contribution in [0.3, 0.4) is 0 Å². The normalized spacial score (nSPS) is 36.3. The van der Waals surface area contributed by atoms with E-state index in [-0.39, 0.29) is 35.7 Å². The average molecular weight is 313 g/mol. The molecule has 3 aliphatic carbocycles. The summed E-state index contributed by atoms with van der Waals surface area (Å²) in [6.07, 6.45) is 8.17. The quantitative estimate of drug-likeness (QED) is 0.798. The standard InChI is InChI=1S/C18H19NO4/c1-19-6-5-18-9-14(21)15(23-2)8-11(18)12(19)7-10-3-4-13(20)17(22)16(10)18/h3-4,7-8,11-12,22H,5-6,9H2,1-2H3/t11?,12-,18+/m0/s1. The van der Waals surface area contributed by atoms with E-state index < -0.39 is 5.41 Å². The van der Waals surface area contributed by atoms with Crippen LogP contribution in [0.25, 0.3) is 0 Å². The van der Waals surface area contributed by atoms with Crippen molar-refractivity contribution in [3.8, 4) is 0 Å². The Morgan fingerprint density at radius 2 is 2.09 bits per heavy atom. The topological polar surface area (TPSA) is 66.8 Å². The summed E-state index contributed by atoms with van der Waals surface area (Å²) in [4.78, 5) is 26.7. The Labute approximate surface area is 134 Å². The monoisotopic (exact) mass is 313 g/mol. The molecule has 1 aliphatic heterocycles. The van der Waals surface area contributed by atoms with Crippen molar-refractivity contribution in [1.82, 2.24) is 4.90 Å². The van der Waals surface area contributed by atoms with Crippen molar-refractivity contribution in [1.29, 1.82) is 0 Å². The lowest BCUT2D eigenvalue weighted by atomic mass is 9.53. The highest BCUT2D eigenvalue weighted by molar-refractivity contribution is 6.06. The summed E-state index contributed by atoms with van der Waals surface area (Å²) in [5.74, 6) is -0.226. The highest BCUT2D eigenvalue weighted by Crippen LogP contribution is 2.58. The van der Waals surface area contributed by atoms with Crippen molar-refractivity contribution in [3.63, 3.8) is 0 Å². The number of ether oxygens (including phenoxy) is 1. The molecule has 1 N–H and O–H groups in total. The molecule has 5 nitrogen and oxygen atoms in total. The molecule has 4 aliphatic rings. The molecule has 3 atom stereocenters. The van der Waals surface area contributed by atoms with Gasteiger partial charge in [0.15, 0.2) is 17.3 Å². The Morgan fingerprint density at radius 3 is 2.83 bits per heavy atom. The number of nitrogens with zero attached hydrogens (tertiary/aromatic N) is 1. The summed E-state index contributed by atoms with van der Waals surface area (Å²) in [5.41, 5.74) is 1.02. The Balaban J connectivity index is 1.99. The number of hydrogen-bond acceptors (Lipinski definition) is 5. The molecule has 0 aromatic rings. The Bertz CT molecular complexity index is 742. The number of likely N-dealkylation sites (N-methyl/N-ethyl adjacent to an activating group) is 1. The lowest BCUT2D eigenvalue weighted by Gasteiger charge is -2.56. The molecule has 1 fully saturated rings. The number of piperidine rings is 1. The fourth-order valence-electron chi connectivity index (χ4n) is 4.61. The third-order valence-electron chi connectivity index (χ3n) is 5.75. The molecule has 0 aromatic heterocycles. The molecule has 0 aromatic carbocycles. The van der Waals surface area contributed by atoms with Crippen LogP contribution in [0.15, 0.2) is 47.0 Å². The number of carbonyl (C=O) groups is 2. The fourth-order valence-corrected chi connectivity index (χ4v) is 4.61. The molecule has 5 heteroatoms. The second kappa shape index (κ2) is 4.68. The zero-order valence-corrected chi connectivity index (χ0v) is 13.2. The van der Waals surface area contributed by atoms with E-state index in [1.54, 1.807) is 6.08 Å². The van der Waals surface area contributed by atoms with Crippen LogP contribution in [-0.4, -0.2) is 48.3 Å². The molecule has 2 bridgehead atoms. The second-order valence-corrected chi connectivity index (χ2v) is 6.78. The number of hydrogen-bond donors (Lipinski definition) is 1. The first-order valence-corrected chi connectivity index (χ1v) is 7.85. The van der Waals surface area contributed by atoms with E-state index in [0.717, 1.165) is 18.5 Å². The first-order valence-electron chi connectivity index (χ1n) is 7.85. The Morgan fingerprint density at radius 1 is 1.30 bits per heavy atom. The van der Waals surface area contributed by atoms with Gasteiger partial charge in [-0.2, -0.15) is 0 Å². The van der Waals surface area contributed by atoms with E-state index in [1.807, 2.05) is 6.08 Å². The average Bonchev–Trinajstić information content (AvgIpc) is 2.53. The van der Waals surface area contributed by atoms with Gasteiger partial charge in [-0.05, 0) is 37.7 Å². The van der Waals surface area contributed by atoms with Gasteiger partial charge in [0.1, 0.15) is 0 Å². The van der Waals surface area contributed by atoms with Crippen LogP contribution < -0.4 is 0 Å². The predicted octanol–water partition coefficient (Wildman–Crippen LogP) is 1.69. The molecule has 23 heavy (non-hydrogen) atoms. The Hall–Kier alpha value is -2.14. The number of allylic oxidation sites excluding steroid dienone is 5. The molecule has 1 saturated heterocycles. The molecule has 4 rings (SSSR count). The van der Waals surface area contributed by atoms with E-state index >= 15 is 0 Å². The molecule has 1 heterocycles. The smallest absolute Gasteiger partial charge is 0.220 e. The number of carbonyl (C=O) groups excluding carboxylic acids is 2. The summed E-state index contributed by atoms with van der Waals surface area (Å²) >= 11 is 0. The highest BCUT2D eigenvalue weighted by atomic mass is 16.5. The number of aliphatic hydroxyl groups is 1. The van der Waals surface area contributed by atoms with Crippen molar-refractivity contribution < 1.29 is 19.4 Å². The summed E-state index contributed by atoms with van der Waals surface area (Å²) in [5, 5.41) is 10.5. The van der Waals surface area contributed by atoms with Crippen LogP contribution in [0.5, 0.6) is 0 Å². The van der Waals surface area contributed by atoms with Gasteiger partial charge in [0.05, 0.1) is 7.11 Å². The van der Waals surface area contributed by atoms with Gasteiger partial charge in [-0.25, -0.2) is 0 Å². The predicted molar refractivity (Wildman–Crippen MR) is 83.6 cm³/mol. The first-order chi connectivity index (χ1) is 11.0. The van der Waals surface area contributed by atoms with Crippen LogP contribution in [0.1, 0.15) is 12.8 Å². The van der Waals surface area contributed by atoms with E-state index in [1.165, 1.54) is 13.2 Å². The van der Waals surface area contributed by atoms with Gasteiger partial charge in [-0.15, -0.1) is 0 Å². The maximum absolute atomic E-state index is 12.5.